The van der Waals surface area contributed by atoms with Gasteiger partial charge in [0.05, 0.1) is 0 Å². The van der Waals surface area contributed by atoms with E-state index in [-0.39, 0.29) is 24.2 Å². The van der Waals surface area contributed by atoms with Crippen LogP contribution in [-0.2, 0) is 16.1 Å². The highest BCUT2D eigenvalue weighted by molar-refractivity contribution is 5.87. The van der Waals surface area contributed by atoms with Gasteiger partial charge in [0, 0.05) is 31.0 Å². The highest BCUT2D eigenvalue weighted by atomic mass is 16.5. The molecule has 2 N–H and O–H groups in total. The van der Waals surface area contributed by atoms with Crippen LogP contribution in [-0.4, -0.2) is 18.4 Å². The number of benzene rings is 2. The van der Waals surface area contributed by atoms with Crippen molar-refractivity contribution in [3.63, 3.8) is 0 Å². The molecule has 0 spiro atoms. The zero-order valence-electron chi connectivity index (χ0n) is 14.2. The highest BCUT2D eigenvalue weighted by Gasteiger charge is 2.26. The van der Waals surface area contributed by atoms with Crippen LogP contribution < -0.4 is 15.4 Å². The van der Waals surface area contributed by atoms with Crippen LogP contribution in [0.2, 0.25) is 0 Å². The normalized spacial score (nSPS) is 16.4. The molecule has 2 amide bonds. The lowest BCUT2D eigenvalue weighted by atomic mass is 10.0. The summed E-state index contributed by atoms with van der Waals surface area (Å²) < 4.78 is 5.93. The predicted octanol–water partition coefficient (Wildman–Crippen LogP) is 2.93. The molecule has 0 bridgehead atoms. The van der Waals surface area contributed by atoms with E-state index in [1.54, 1.807) is 0 Å². The molecule has 1 saturated heterocycles. The van der Waals surface area contributed by atoms with Crippen molar-refractivity contribution in [2.24, 2.45) is 5.92 Å². The second kappa shape index (κ2) is 7.83. The summed E-state index contributed by atoms with van der Waals surface area (Å²) in [6.07, 6.45) is 0.951. The van der Waals surface area contributed by atoms with Gasteiger partial charge in [0.15, 0.2) is 0 Å². The van der Waals surface area contributed by atoms with Gasteiger partial charge in [-0.1, -0.05) is 35.9 Å². The lowest BCUT2D eigenvalue weighted by Crippen LogP contribution is -2.28. The van der Waals surface area contributed by atoms with Crippen molar-refractivity contribution in [3.8, 4) is 11.5 Å². The highest BCUT2D eigenvalue weighted by Crippen LogP contribution is 2.25. The van der Waals surface area contributed by atoms with Gasteiger partial charge in [-0.05, 0) is 31.5 Å². The summed E-state index contributed by atoms with van der Waals surface area (Å²) in [6, 6.07) is 15.4. The Hall–Kier alpha value is -2.82. The van der Waals surface area contributed by atoms with E-state index in [4.69, 9.17) is 4.74 Å². The number of rotatable bonds is 6. The molecule has 5 heteroatoms. The van der Waals surface area contributed by atoms with Gasteiger partial charge in [-0.2, -0.15) is 0 Å². The second-order valence-corrected chi connectivity index (χ2v) is 6.28. The van der Waals surface area contributed by atoms with Gasteiger partial charge in [-0.3, -0.25) is 9.59 Å². The molecule has 1 fully saturated rings. The maximum Gasteiger partial charge on any atom is 0.223 e. The first-order chi connectivity index (χ1) is 12.1. The monoisotopic (exact) mass is 338 g/mol. The number of carbonyl (C=O) groups is 2. The van der Waals surface area contributed by atoms with Crippen LogP contribution in [0, 0.1) is 12.8 Å². The molecule has 1 aliphatic heterocycles. The van der Waals surface area contributed by atoms with Crippen LogP contribution in [0.3, 0.4) is 0 Å². The summed E-state index contributed by atoms with van der Waals surface area (Å²) in [7, 11) is 0. The fraction of sp³-hybridized carbons (Fsp3) is 0.300. The summed E-state index contributed by atoms with van der Waals surface area (Å²) >= 11 is 0. The molecule has 2 aromatic rings. The fourth-order valence-corrected chi connectivity index (χ4v) is 2.81. The molecule has 25 heavy (non-hydrogen) atoms. The summed E-state index contributed by atoms with van der Waals surface area (Å²) in [5.74, 6) is 1.11. The van der Waals surface area contributed by atoms with E-state index in [0.717, 1.165) is 17.7 Å². The molecule has 1 aliphatic rings. The minimum Gasteiger partial charge on any atom is -0.457 e. The number of nitrogens with one attached hydrogen (secondary N) is 2. The zero-order chi connectivity index (χ0) is 17.6. The van der Waals surface area contributed by atoms with Gasteiger partial charge in [0.25, 0.3) is 0 Å². The maximum atomic E-state index is 12.1. The molecule has 0 aromatic heterocycles. The van der Waals surface area contributed by atoms with Crippen LogP contribution in [0.25, 0.3) is 0 Å². The molecule has 0 radical (unpaired) electrons. The Morgan fingerprint density at radius 3 is 2.68 bits per heavy atom. The van der Waals surface area contributed by atoms with E-state index < -0.39 is 0 Å². The fourth-order valence-electron chi connectivity index (χ4n) is 2.81. The number of aryl methyl sites for hydroxylation is 1. The first-order valence-corrected chi connectivity index (χ1v) is 8.48. The summed E-state index contributed by atoms with van der Waals surface area (Å²) in [4.78, 5) is 23.6. The van der Waals surface area contributed by atoms with Crippen LogP contribution >= 0.6 is 0 Å². The van der Waals surface area contributed by atoms with Crippen molar-refractivity contribution in [1.29, 1.82) is 0 Å². The SMILES string of the molecule is Cc1ccc(Oc2ccccc2CNC(=O)CC2CCNC2=O)cc1. The number of ether oxygens (including phenoxy) is 1. The van der Waals surface area contributed by atoms with E-state index in [2.05, 4.69) is 10.6 Å². The maximum absolute atomic E-state index is 12.1. The smallest absolute Gasteiger partial charge is 0.223 e. The molecule has 130 valence electrons. The first-order valence-electron chi connectivity index (χ1n) is 8.48. The summed E-state index contributed by atoms with van der Waals surface area (Å²) in [6.45, 7) is 3.05. The standard InChI is InChI=1S/C20H22N2O3/c1-14-6-8-17(9-7-14)25-18-5-3-2-4-16(18)13-22-19(23)12-15-10-11-21-20(15)24/h2-9,15H,10-13H2,1H3,(H,21,24)(H,22,23). The largest absolute Gasteiger partial charge is 0.457 e. The van der Waals surface area contributed by atoms with Crippen molar-refractivity contribution in [3.05, 3.63) is 59.7 Å². The van der Waals surface area contributed by atoms with Gasteiger partial charge >= 0.3 is 0 Å². The number of hydrogen-bond acceptors (Lipinski definition) is 3. The lowest BCUT2D eigenvalue weighted by Gasteiger charge is -2.13. The van der Waals surface area contributed by atoms with Crippen LogP contribution in [0.4, 0.5) is 0 Å². The van der Waals surface area contributed by atoms with E-state index in [1.807, 2.05) is 55.5 Å². The molecule has 2 aromatic carbocycles. The van der Waals surface area contributed by atoms with Crippen molar-refractivity contribution in [2.75, 3.05) is 6.54 Å². The summed E-state index contributed by atoms with van der Waals surface area (Å²) in [5.41, 5.74) is 2.07. The van der Waals surface area contributed by atoms with Crippen molar-refractivity contribution in [1.82, 2.24) is 10.6 Å². The second-order valence-electron chi connectivity index (χ2n) is 6.28. The molecule has 0 aliphatic carbocycles. The van der Waals surface area contributed by atoms with Crippen molar-refractivity contribution < 1.29 is 14.3 Å². The molecule has 1 atom stereocenters. The van der Waals surface area contributed by atoms with E-state index in [9.17, 15) is 9.59 Å². The Kier molecular flexibility index (Phi) is 5.33. The number of hydrogen-bond donors (Lipinski definition) is 2. The van der Waals surface area contributed by atoms with Gasteiger partial charge < -0.3 is 15.4 Å². The van der Waals surface area contributed by atoms with Crippen molar-refractivity contribution >= 4 is 11.8 Å². The van der Waals surface area contributed by atoms with Crippen LogP contribution in [0.15, 0.2) is 48.5 Å². The molecule has 1 heterocycles. The van der Waals surface area contributed by atoms with Crippen LogP contribution in [0.1, 0.15) is 24.0 Å². The number of para-hydroxylation sites is 1. The Labute approximate surface area is 147 Å². The van der Waals surface area contributed by atoms with Gasteiger partial charge in [0.1, 0.15) is 11.5 Å². The quantitative estimate of drug-likeness (QED) is 0.851. The molecule has 1 unspecified atom stereocenters. The third kappa shape index (κ3) is 4.59. The molecule has 5 nitrogen and oxygen atoms in total. The topological polar surface area (TPSA) is 67.4 Å². The minimum absolute atomic E-state index is 0.0294. The Morgan fingerprint density at radius 1 is 1.20 bits per heavy atom. The van der Waals surface area contributed by atoms with E-state index in [0.29, 0.717) is 18.8 Å². The molecule has 3 rings (SSSR count). The molecule has 0 saturated carbocycles. The Balaban J connectivity index is 1.59. The molecular formula is C20H22N2O3. The predicted molar refractivity (Wildman–Crippen MR) is 95.3 cm³/mol. The summed E-state index contributed by atoms with van der Waals surface area (Å²) in [5, 5.41) is 5.63. The average Bonchev–Trinajstić information content (AvgIpc) is 3.01. The van der Waals surface area contributed by atoms with Gasteiger partial charge in [-0.25, -0.2) is 0 Å². The number of carbonyl (C=O) groups excluding carboxylic acids is 2. The third-order valence-corrected chi connectivity index (χ3v) is 4.29. The van der Waals surface area contributed by atoms with E-state index in [1.165, 1.54) is 5.56 Å². The lowest BCUT2D eigenvalue weighted by molar-refractivity contribution is -0.128. The first kappa shape index (κ1) is 17.0. The zero-order valence-corrected chi connectivity index (χ0v) is 14.2. The molecular weight excluding hydrogens is 316 g/mol. The van der Waals surface area contributed by atoms with E-state index >= 15 is 0 Å². The minimum atomic E-state index is -0.209. The number of amides is 2. The average molecular weight is 338 g/mol. The van der Waals surface area contributed by atoms with Gasteiger partial charge in [-0.15, -0.1) is 0 Å². The Morgan fingerprint density at radius 2 is 1.96 bits per heavy atom. The van der Waals surface area contributed by atoms with Crippen molar-refractivity contribution in [2.45, 2.75) is 26.3 Å². The van der Waals surface area contributed by atoms with Crippen LogP contribution in [0.5, 0.6) is 11.5 Å². The third-order valence-electron chi connectivity index (χ3n) is 4.29. The Bertz CT molecular complexity index is 756. The van der Waals surface area contributed by atoms with Gasteiger partial charge in [0.2, 0.25) is 11.8 Å².